The number of hydrogen-bond acceptors (Lipinski definition) is 10. The van der Waals surface area contributed by atoms with Crippen LogP contribution in [0.5, 0.6) is 0 Å². The quantitative estimate of drug-likeness (QED) is 0.0717. The van der Waals surface area contributed by atoms with Gasteiger partial charge < -0.3 is 34.6 Å². The summed E-state index contributed by atoms with van der Waals surface area (Å²) in [6.07, 6.45) is 2.44. The predicted molar refractivity (Wildman–Crippen MR) is 199 cm³/mol. The van der Waals surface area contributed by atoms with E-state index < -0.39 is 6.10 Å². The van der Waals surface area contributed by atoms with Crippen molar-refractivity contribution in [3.63, 3.8) is 0 Å². The maximum Gasteiger partial charge on any atom is 0.309 e. The van der Waals surface area contributed by atoms with Crippen LogP contribution < -0.4 is 0 Å². The van der Waals surface area contributed by atoms with Crippen molar-refractivity contribution in [2.45, 2.75) is 155 Å². The Morgan fingerprint density at radius 3 is 1.10 bits per heavy atom. The van der Waals surface area contributed by atoms with Gasteiger partial charge in [-0.1, -0.05) is 111 Å². The molecule has 0 radical (unpaired) electrons. The van der Waals surface area contributed by atoms with Gasteiger partial charge in [0.1, 0.15) is 18.3 Å². The molecular weight excluding hydrogens is 628 g/mol. The van der Waals surface area contributed by atoms with E-state index >= 15 is 0 Å². The van der Waals surface area contributed by atoms with E-state index in [9.17, 15) is 14.4 Å². The van der Waals surface area contributed by atoms with Crippen molar-refractivity contribution in [3.8, 4) is 0 Å². The van der Waals surface area contributed by atoms with Crippen LogP contribution in [0.3, 0.4) is 0 Å². The van der Waals surface area contributed by atoms with E-state index in [4.69, 9.17) is 34.6 Å². The summed E-state index contributed by atoms with van der Waals surface area (Å²) < 4.78 is 15.6. The van der Waals surface area contributed by atoms with Gasteiger partial charge in [0, 0.05) is 0 Å². The van der Waals surface area contributed by atoms with E-state index in [1.165, 1.54) is 0 Å². The highest BCUT2D eigenvalue weighted by Crippen LogP contribution is 2.24. The Balaban J connectivity index is -0.000000307. The van der Waals surface area contributed by atoms with E-state index in [1.54, 1.807) is 0 Å². The lowest BCUT2D eigenvalue weighted by Crippen LogP contribution is -2.32. The molecule has 0 aliphatic carbocycles. The van der Waals surface area contributed by atoms with Crippen LogP contribution in [0.1, 0.15) is 136 Å². The second kappa shape index (κ2) is 31.0. The van der Waals surface area contributed by atoms with Crippen LogP contribution in [0.15, 0.2) is 0 Å². The maximum atomic E-state index is 11.9. The summed E-state index contributed by atoms with van der Waals surface area (Å²) in [7, 11) is 0. The van der Waals surface area contributed by atoms with Crippen molar-refractivity contribution >= 4 is 17.9 Å². The number of ether oxygens (including phenoxy) is 3. The Labute approximate surface area is 301 Å². The number of aliphatic hydroxyl groups is 4. The van der Waals surface area contributed by atoms with E-state index in [2.05, 4.69) is 27.7 Å². The maximum absolute atomic E-state index is 11.9. The minimum Gasteiger partial charge on any atom is -0.460 e. The summed E-state index contributed by atoms with van der Waals surface area (Å²) >= 11 is 0. The second-order valence-electron chi connectivity index (χ2n) is 15.0. The first-order valence-electron chi connectivity index (χ1n) is 18.3. The third-order valence-corrected chi connectivity index (χ3v) is 8.28. The molecule has 0 aromatic carbocycles. The lowest BCUT2D eigenvalue weighted by Gasteiger charge is -2.25. The lowest BCUT2D eigenvalue weighted by atomic mass is 9.86. The van der Waals surface area contributed by atoms with Crippen LogP contribution in [-0.4, -0.2) is 83.1 Å². The molecule has 10 heteroatoms. The molecule has 0 saturated carbocycles. The molecule has 0 bridgehead atoms. The average molecular weight is 709 g/mol. The number of aliphatic hydroxyl groups excluding tert-OH is 4. The average Bonchev–Trinajstić information content (AvgIpc) is 2.99. The molecule has 0 amide bonds. The standard InChI is InChI=1S/C13H26O4.C13H26O3.C12H24O3.CH4/c1-9(2)5-6-12(10(3)4)13(16)17-11(7-14)8-15;1-6-11(8-14)16-13(15)12(10(4)5)7-9(2)3;1-6-10(7-13)15-12(14)11(8(2)3)9(4)5;/h9-12,14-15H,5-8H2,1-4H3;9-12,14H,6-8H2,1-5H3;8-11,13H,6-7H2,1-5H3;1H4. The SMILES string of the molecule is C.CC(C)CCC(C(=O)OC(CO)CO)C(C)C.CCC(CO)OC(=O)C(C(C)C)C(C)C.CCC(CO)OC(=O)C(CC(C)C)C(C)C. The molecule has 0 aliphatic heterocycles. The first kappa shape index (κ1) is 54.0. The molecule has 4 atom stereocenters. The van der Waals surface area contributed by atoms with E-state index in [1.807, 2.05) is 69.2 Å². The summed E-state index contributed by atoms with van der Waals surface area (Å²) in [5, 5.41) is 35.7. The van der Waals surface area contributed by atoms with Crippen molar-refractivity contribution in [2.24, 2.45) is 53.3 Å². The molecule has 0 heterocycles. The zero-order valence-electron chi connectivity index (χ0n) is 33.0. The number of rotatable bonds is 21. The minimum absolute atomic E-state index is 0. The van der Waals surface area contributed by atoms with E-state index in [0.717, 1.165) is 19.3 Å². The van der Waals surface area contributed by atoms with Crippen molar-refractivity contribution in [3.05, 3.63) is 0 Å². The topological polar surface area (TPSA) is 160 Å². The molecule has 49 heavy (non-hydrogen) atoms. The summed E-state index contributed by atoms with van der Waals surface area (Å²) in [5.74, 6) is 1.13. The molecule has 296 valence electrons. The summed E-state index contributed by atoms with van der Waals surface area (Å²) in [5.41, 5.74) is 0. The highest BCUT2D eigenvalue weighted by molar-refractivity contribution is 5.73. The highest BCUT2D eigenvalue weighted by Gasteiger charge is 2.29. The van der Waals surface area contributed by atoms with Gasteiger partial charge in [-0.25, -0.2) is 0 Å². The Hall–Kier alpha value is -1.75. The molecule has 4 N–H and O–H groups in total. The van der Waals surface area contributed by atoms with Gasteiger partial charge in [0.25, 0.3) is 0 Å². The van der Waals surface area contributed by atoms with E-state index in [-0.39, 0.29) is 105 Å². The third kappa shape index (κ3) is 25.8. The van der Waals surface area contributed by atoms with Crippen molar-refractivity contribution in [1.82, 2.24) is 0 Å². The fourth-order valence-electron chi connectivity index (χ4n) is 5.08. The molecule has 0 saturated heterocycles. The molecule has 0 rings (SSSR count). The van der Waals surface area contributed by atoms with Gasteiger partial charge in [-0.2, -0.15) is 0 Å². The van der Waals surface area contributed by atoms with Crippen LogP contribution in [0.25, 0.3) is 0 Å². The molecule has 0 aromatic heterocycles. The lowest BCUT2D eigenvalue weighted by molar-refractivity contribution is -0.161. The van der Waals surface area contributed by atoms with Gasteiger partial charge in [-0.05, 0) is 61.2 Å². The Kier molecular flexibility index (Phi) is 34.2. The second-order valence-corrected chi connectivity index (χ2v) is 15.0. The molecule has 0 fully saturated rings. The van der Waals surface area contributed by atoms with Crippen molar-refractivity contribution in [2.75, 3.05) is 26.4 Å². The van der Waals surface area contributed by atoms with Gasteiger partial charge in [-0.3, -0.25) is 14.4 Å². The minimum atomic E-state index is -0.789. The first-order valence-corrected chi connectivity index (χ1v) is 18.3. The van der Waals surface area contributed by atoms with Gasteiger partial charge in [0.2, 0.25) is 0 Å². The predicted octanol–water partition coefficient (Wildman–Crippen LogP) is 7.07. The van der Waals surface area contributed by atoms with Crippen molar-refractivity contribution < 1.29 is 49.0 Å². The van der Waals surface area contributed by atoms with Gasteiger partial charge in [0.05, 0.1) is 44.2 Å². The molecule has 0 spiro atoms. The third-order valence-electron chi connectivity index (χ3n) is 8.28. The largest absolute Gasteiger partial charge is 0.460 e. The Bertz CT molecular complexity index is 790. The molecule has 10 nitrogen and oxygen atoms in total. The number of carbonyl (C=O) groups is 3. The zero-order chi connectivity index (χ0) is 38.1. The first-order chi connectivity index (χ1) is 22.3. The molecule has 4 unspecified atom stereocenters. The summed E-state index contributed by atoms with van der Waals surface area (Å²) in [4.78, 5) is 35.6. The number of hydrogen-bond donors (Lipinski definition) is 4. The van der Waals surface area contributed by atoms with Crippen LogP contribution in [-0.2, 0) is 28.6 Å². The normalized spacial score (nSPS) is 13.8. The summed E-state index contributed by atoms with van der Waals surface area (Å²) in [6.45, 7) is 27.5. The smallest absolute Gasteiger partial charge is 0.309 e. The van der Waals surface area contributed by atoms with Crippen LogP contribution in [0, 0.1) is 53.3 Å². The Morgan fingerprint density at radius 2 is 0.816 bits per heavy atom. The van der Waals surface area contributed by atoms with Gasteiger partial charge in [-0.15, -0.1) is 0 Å². The summed E-state index contributed by atoms with van der Waals surface area (Å²) in [6, 6.07) is 0. The zero-order valence-corrected chi connectivity index (χ0v) is 33.0. The van der Waals surface area contributed by atoms with Crippen LogP contribution >= 0.6 is 0 Å². The Morgan fingerprint density at radius 1 is 0.469 bits per heavy atom. The highest BCUT2D eigenvalue weighted by atomic mass is 16.6. The number of carbonyl (C=O) groups excluding carboxylic acids is 3. The van der Waals surface area contributed by atoms with Crippen LogP contribution in [0.2, 0.25) is 0 Å². The van der Waals surface area contributed by atoms with Crippen molar-refractivity contribution in [1.29, 1.82) is 0 Å². The molecule has 0 aromatic rings. The monoisotopic (exact) mass is 709 g/mol. The fourth-order valence-corrected chi connectivity index (χ4v) is 5.08. The van der Waals surface area contributed by atoms with Gasteiger partial charge in [0.15, 0.2) is 0 Å². The van der Waals surface area contributed by atoms with E-state index in [0.29, 0.717) is 24.7 Å². The van der Waals surface area contributed by atoms with Gasteiger partial charge >= 0.3 is 17.9 Å². The molecular formula is C39H80O10. The fraction of sp³-hybridized carbons (Fsp3) is 0.923. The van der Waals surface area contributed by atoms with Crippen LogP contribution in [0.4, 0.5) is 0 Å². The molecule has 0 aliphatic rings. The number of esters is 3.